The van der Waals surface area contributed by atoms with Gasteiger partial charge in [0.25, 0.3) is 0 Å². The molecule has 0 spiro atoms. The van der Waals surface area contributed by atoms with Crippen molar-refractivity contribution in [3.63, 3.8) is 0 Å². The number of fused-ring (bicyclic) bond motifs is 1. The summed E-state index contributed by atoms with van der Waals surface area (Å²) in [7, 11) is 1.29. The number of rotatable bonds is 2. The molecule has 1 aromatic carbocycles. The Morgan fingerprint density at radius 2 is 1.87 bits per heavy atom. The first kappa shape index (κ1) is 15.5. The van der Waals surface area contributed by atoms with Crippen molar-refractivity contribution >= 4 is 22.4 Å². The van der Waals surface area contributed by atoms with E-state index in [1.807, 2.05) is 0 Å². The Balaban J connectivity index is 2.25. The summed E-state index contributed by atoms with van der Waals surface area (Å²) in [6.07, 6.45) is -1.38. The van der Waals surface area contributed by atoms with Crippen molar-refractivity contribution in [2.24, 2.45) is 0 Å². The molecule has 3 rings (SSSR count). The van der Waals surface area contributed by atoms with Gasteiger partial charge >= 0.3 is 6.18 Å². The van der Waals surface area contributed by atoms with E-state index in [2.05, 4.69) is 15.2 Å². The van der Waals surface area contributed by atoms with Crippen molar-refractivity contribution in [3.8, 4) is 17.0 Å². The Hall–Kier alpha value is -2.41. The average Bonchev–Trinajstić information content (AvgIpc) is 2.54. The van der Waals surface area contributed by atoms with Crippen molar-refractivity contribution in [2.75, 3.05) is 7.11 Å². The molecule has 0 atom stereocenters. The molecule has 0 fully saturated rings. The molecular formula is C15H9ClF3N3O. The van der Waals surface area contributed by atoms with E-state index in [-0.39, 0.29) is 10.9 Å². The van der Waals surface area contributed by atoms with Gasteiger partial charge in [0.15, 0.2) is 5.15 Å². The van der Waals surface area contributed by atoms with Crippen LogP contribution in [0.2, 0.25) is 5.15 Å². The number of pyridine rings is 1. The molecule has 0 bridgehead atoms. The molecule has 2 aromatic heterocycles. The molecule has 3 aromatic rings. The van der Waals surface area contributed by atoms with Gasteiger partial charge in [-0.05, 0) is 24.3 Å². The minimum Gasteiger partial charge on any atom is -0.496 e. The third-order valence-corrected chi connectivity index (χ3v) is 3.60. The van der Waals surface area contributed by atoms with Crippen LogP contribution in [0.3, 0.4) is 0 Å². The standard InChI is InChI=1S/C15H9ClF3N3O/c1-23-12-6-8(15(17,18)19)2-3-10(12)13-11-7-20-5-4-9(11)14(16)22-21-13/h2-7H,1H3. The van der Waals surface area contributed by atoms with Gasteiger partial charge in [-0.3, -0.25) is 4.98 Å². The fourth-order valence-electron chi connectivity index (χ4n) is 2.23. The van der Waals surface area contributed by atoms with Gasteiger partial charge in [-0.15, -0.1) is 10.2 Å². The van der Waals surface area contributed by atoms with E-state index >= 15 is 0 Å². The summed E-state index contributed by atoms with van der Waals surface area (Å²) in [6.45, 7) is 0. The van der Waals surface area contributed by atoms with E-state index < -0.39 is 11.7 Å². The lowest BCUT2D eigenvalue weighted by atomic mass is 10.0. The Bertz CT molecular complexity index is 883. The van der Waals surface area contributed by atoms with Crippen LogP contribution in [-0.2, 0) is 6.18 Å². The van der Waals surface area contributed by atoms with Crippen molar-refractivity contribution in [2.45, 2.75) is 6.18 Å². The number of ether oxygens (including phenoxy) is 1. The van der Waals surface area contributed by atoms with Crippen LogP contribution in [0.1, 0.15) is 5.56 Å². The first-order valence-electron chi connectivity index (χ1n) is 6.43. The normalized spacial score (nSPS) is 11.7. The Morgan fingerprint density at radius 1 is 1.09 bits per heavy atom. The summed E-state index contributed by atoms with van der Waals surface area (Å²) in [6, 6.07) is 4.85. The summed E-state index contributed by atoms with van der Waals surface area (Å²) in [5.41, 5.74) is -0.0757. The predicted octanol–water partition coefficient (Wildman–Crippen LogP) is 4.37. The van der Waals surface area contributed by atoms with Crippen LogP contribution in [-0.4, -0.2) is 22.3 Å². The second-order valence-electron chi connectivity index (χ2n) is 4.67. The van der Waals surface area contributed by atoms with Gasteiger partial charge in [-0.1, -0.05) is 11.6 Å². The van der Waals surface area contributed by atoms with E-state index in [1.54, 1.807) is 12.3 Å². The first-order chi connectivity index (χ1) is 10.9. The topological polar surface area (TPSA) is 47.9 Å². The molecule has 0 radical (unpaired) electrons. The molecule has 118 valence electrons. The molecule has 0 aliphatic rings. The molecule has 8 heteroatoms. The third kappa shape index (κ3) is 2.79. The summed E-state index contributed by atoms with van der Waals surface area (Å²) in [4.78, 5) is 4.01. The number of nitrogens with zero attached hydrogens (tertiary/aromatic N) is 3. The molecular weight excluding hydrogens is 331 g/mol. The van der Waals surface area contributed by atoms with Crippen molar-refractivity contribution < 1.29 is 17.9 Å². The maximum Gasteiger partial charge on any atom is 0.416 e. The highest BCUT2D eigenvalue weighted by Crippen LogP contribution is 2.38. The number of hydrogen-bond acceptors (Lipinski definition) is 4. The smallest absolute Gasteiger partial charge is 0.416 e. The van der Waals surface area contributed by atoms with Gasteiger partial charge in [0.1, 0.15) is 11.4 Å². The van der Waals surface area contributed by atoms with E-state index in [1.165, 1.54) is 19.4 Å². The molecule has 0 aliphatic heterocycles. The molecule has 0 saturated carbocycles. The van der Waals surface area contributed by atoms with Crippen LogP contribution in [0.5, 0.6) is 5.75 Å². The highest BCUT2D eigenvalue weighted by molar-refractivity contribution is 6.34. The van der Waals surface area contributed by atoms with Crippen LogP contribution in [0, 0.1) is 0 Å². The minimum atomic E-state index is -4.46. The second kappa shape index (κ2) is 5.66. The van der Waals surface area contributed by atoms with Crippen LogP contribution < -0.4 is 4.74 Å². The molecule has 0 unspecified atom stereocenters. The fraction of sp³-hybridized carbons (Fsp3) is 0.133. The molecule has 0 N–H and O–H groups in total. The molecule has 0 saturated heterocycles. The van der Waals surface area contributed by atoms with E-state index in [0.29, 0.717) is 22.0 Å². The average molecular weight is 340 g/mol. The monoisotopic (exact) mass is 339 g/mol. The van der Waals surface area contributed by atoms with Gasteiger partial charge in [-0.25, -0.2) is 0 Å². The SMILES string of the molecule is COc1cc(C(F)(F)F)ccc1-c1nnc(Cl)c2ccncc12. The zero-order chi connectivity index (χ0) is 16.6. The van der Waals surface area contributed by atoms with Crippen LogP contribution in [0.4, 0.5) is 13.2 Å². The highest BCUT2D eigenvalue weighted by atomic mass is 35.5. The maximum absolute atomic E-state index is 12.8. The van der Waals surface area contributed by atoms with Gasteiger partial charge in [0, 0.05) is 28.7 Å². The van der Waals surface area contributed by atoms with E-state index in [4.69, 9.17) is 16.3 Å². The lowest BCUT2D eigenvalue weighted by molar-refractivity contribution is -0.137. The lowest BCUT2D eigenvalue weighted by Gasteiger charge is -2.13. The Labute approximate surface area is 133 Å². The fourth-order valence-corrected chi connectivity index (χ4v) is 2.43. The maximum atomic E-state index is 12.8. The number of benzene rings is 1. The summed E-state index contributed by atoms with van der Waals surface area (Å²) in [5.74, 6) is 0.0431. The van der Waals surface area contributed by atoms with Gasteiger partial charge in [-0.2, -0.15) is 13.2 Å². The number of halogens is 4. The van der Waals surface area contributed by atoms with E-state index in [0.717, 1.165) is 12.1 Å². The largest absolute Gasteiger partial charge is 0.496 e. The summed E-state index contributed by atoms with van der Waals surface area (Å²) < 4.78 is 43.6. The second-order valence-corrected chi connectivity index (χ2v) is 5.03. The van der Waals surface area contributed by atoms with Crippen LogP contribution in [0.25, 0.3) is 22.0 Å². The quantitative estimate of drug-likeness (QED) is 0.695. The van der Waals surface area contributed by atoms with Crippen LogP contribution in [0.15, 0.2) is 36.7 Å². The summed E-state index contributed by atoms with van der Waals surface area (Å²) >= 11 is 5.99. The predicted molar refractivity (Wildman–Crippen MR) is 79.3 cm³/mol. The van der Waals surface area contributed by atoms with Crippen molar-refractivity contribution in [1.29, 1.82) is 0 Å². The minimum absolute atomic E-state index is 0.0431. The molecule has 2 heterocycles. The molecule has 4 nitrogen and oxygen atoms in total. The van der Waals surface area contributed by atoms with Crippen LogP contribution >= 0.6 is 11.6 Å². The van der Waals surface area contributed by atoms with Gasteiger partial charge in [0.05, 0.1) is 12.7 Å². The van der Waals surface area contributed by atoms with Gasteiger partial charge in [0.2, 0.25) is 0 Å². The first-order valence-corrected chi connectivity index (χ1v) is 6.81. The highest BCUT2D eigenvalue weighted by Gasteiger charge is 2.31. The summed E-state index contributed by atoms with van der Waals surface area (Å²) in [5, 5.41) is 9.21. The Morgan fingerprint density at radius 3 is 2.57 bits per heavy atom. The molecule has 0 amide bonds. The van der Waals surface area contributed by atoms with Crippen molar-refractivity contribution in [1.82, 2.24) is 15.2 Å². The Kier molecular flexibility index (Phi) is 3.81. The van der Waals surface area contributed by atoms with Gasteiger partial charge < -0.3 is 4.74 Å². The number of hydrogen-bond donors (Lipinski definition) is 0. The number of alkyl halides is 3. The number of methoxy groups -OCH3 is 1. The lowest BCUT2D eigenvalue weighted by Crippen LogP contribution is -2.05. The van der Waals surface area contributed by atoms with Crippen molar-refractivity contribution in [3.05, 3.63) is 47.4 Å². The molecule has 23 heavy (non-hydrogen) atoms. The van der Waals surface area contributed by atoms with E-state index in [9.17, 15) is 13.2 Å². The zero-order valence-corrected chi connectivity index (χ0v) is 12.5. The molecule has 0 aliphatic carbocycles. The zero-order valence-electron chi connectivity index (χ0n) is 11.7. The number of aromatic nitrogens is 3. The third-order valence-electron chi connectivity index (χ3n) is 3.32.